The van der Waals surface area contributed by atoms with Crippen molar-refractivity contribution in [1.29, 1.82) is 0 Å². The molecule has 0 spiro atoms. The van der Waals surface area contributed by atoms with Crippen molar-refractivity contribution in [2.75, 3.05) is 26.8 Å². The van der Waals surface area contributed by atoms with E-state index in [9.17, 15) is 4.79 Å². The molecule has 0 bridgehead atoms. The van der Waals surface area contributed by atoms with Crippen LogP contribution in [-0.2, 0) is 9.57 Å². The Morgan fingerprint density at radius 2 is 1.53 bits per heavy atom. The van der Waals surface area contributed by atoms with Gasteiger partial charge >= 0.3 is 0 Å². The smallest absolute Gasteiger partial charge is 0.159 e. The highest BCUT2D eigenvalue weighted by Gasteiger charge is 1.97. The summed E-state index contributed by atoms with van der Waals surface area (Å²) in [6.07, 6.45) is 0. The molecular weight excluding hydrogens is 218 g/mol. The third-order valence-corrected chi connectivity index (χ3v) is 1.51. The number of ketones is 1. The Balaban J connectivity index is -0.000000329. The van der Waals surface area contributed by atoms with Crippen molar-refractivity contribution in [3.05, 3.63) is 29.8 Å². The lowest BCUT2D eigenvalue weighted by atomic mass is 10.1. The Labute approximate surface area is 105 Å². The number of Topliss-reactive ketones (excluding diaryl/α,β-unsaturated/α-hetero) is 1. The van der Waals surface area contributed by atoms with Gasteiger partial charge in [-0.1, -0.05) is 13.8 Å². The lowest BCUT2D eigenvalue weighted by molar-refractivity contribution is 0.101. The van der Waals surface area contributed by atoms with Gasteiger partial charge in [0.1, 0.15) is 0 Å². The maximum atomic E-state index is 10.9. The van der Waals surface area contributed by atoms with Gasteiger partial charge in [0.25, 0.3) is 0 Å². The molecule has 0 atom stereocenters. The van der Waals surface area contributed by atoms with E-state index in [0.717, 1.165) is 5.69 Å². The van der Waals surface area contributed by atoms with Crippen molar-refractivity contribution in [1.82, 2.24) is 0 Å². The number of benzene rings is 1. The van der Waals surface area contributed by atoms with Crippen molar-refractivity contribution >= 4 is 11.5 Å². The fraction of sp³-hybridized carbons (Fsp3) is 0.462. The first-order valence-electron chi connectivity index (χ1n) is 5.45. The summed E-state index contributed by atoms with van der Waals surface area (Å²) >= 11 is 0. The summed E-state index contributed by atoms with van der Waals surface area (Å²) < 4.78 is 4.25. The van der Waals surface area contributed by atoms with E-state index in [4.69, 9.17) is 4.84 Å². The van der Waals surface area contributed by atoms with Gasteiger partial charge < -0.3 is 4.74 Å². The highest BCUT2D eigenvalue weighted by Crippen LogP contribution is 2.09. The first-order valence-corrected chi connectivity index (χ1v) is 5.45. The first kappa shape index (κ1) is 18.0. The van der Waals surface area contributed by atoms with Crippen LogP contribution in [0.25, 0.3) is 0 Å². The minimum atomic E-state index is 0. The predicted molar refractivity (Wildman–Crippen MR) is 73.5 cm³/mol. The normalized spacial score (nSPS) is 8.12. The van der Waals surface area contributed by atoms with E-state index in [2.05, 4.69) is 10.2 Å². The van der Waals surface area contributed by atoms with Crippen LogP contribution in [0, 0.1) is 0 Å². The minimum Gasteiger partial charge on any atom is -0.388 e. The van der Waals surface area contributed by atoms with Gasteiger partial charge in [-0.2, -0.15) is 0 Å². The number of carbonyl (C=O) groups is 1. The van der Waals surface area contributed by atoms with Crippen LogP contribution in [0.2, 0.25) is 0 Å². The van der Waals surface area contributed by atoms with Crippen molar-refractivity contribution < 1.29 is 15.8 Å². The van der Waals surface area contributed by atoms with Crippen LogP contribution in [0.4, 0.5) is 5.69 Å². The van der Waals surface area contributed by atoms with E-state index < -0.39 is 0 Å². The second-order valence-corrected chi connectivity index (χ2v) is 2.85. The number of methoxy groups -OCH3 is 1. The van der Waals surface area contributed by atoms with Crippen LogP contribution in [0.1, 0.15) is 32.6 Å². The summed E-state index contributed by atoms with van der Waals surface area (Å²) in [6, 6.07) is 7.09. The Hall–Kier alpha value is -1.39. The van der Waals surface area contributed by atoms with E-state index in [-0.39, 0.29) is 7.21 Å². The quantitative estimate of drug-likeness (QED) is 0.653. The van der Waals surface area contributed by atoms with Crippen LogP contribution in [0.15, 0.2) is 24.3 Å². The largest absolute Gasteiger partial charge is 0.388 e. The Morgan fingerprint density at radius 3 is 1.82 bits per heavy atom. The average molecular weight is 243 g/mol. The van der Waals surface area contributed by atoms with Gasteiger partial charge in [0.05, 0.1) is 12.8 Å². The molecule has 1 aromatic carbocycles. The zero-order chi connectivity index (χ0) is 13.7. The molecule has 0 saturated heterocycles. The van der Waals surface area contributed by atoms with Gasteiger partial charge in [-0.05, 0) is 31.2 Å². The zero-order valence-electron chi connectivity index (χ0n) is 11.5. The number of hydrogen-bond donors (Lipinski definition) is 1. The maximum absolute atomic E-state index is 10.9. The van der Waals surface area contributed by atoms with Crippen LogP contribution < -0.4 is 5.48 Å². The lowest BCUT2D eigenvalue weighted by Gasteiger charge is -2.02. The number of anilines is 1. The Bertz CT molecular complexity index is 289. The molecule has 1 N–H and O–H groups in total. The van der Waals surface area contributed by atoms with Gasteiger partial charge in [-0.15, -0.1) is 0 Å². The molecule has 4 heteroatoms. The maximum Gasteiger partial charge on any atom is 0.159 e. The lowest BCUT2D eigenvalue weighted by Crippen LogP contribution is -1.96. The molecule has 0 aliphatic heterocycles. The van der Waals surface area contributed by atoms with E-state index in [1.165, 1.54) is 0 Å². The number of carbonyl (C=O) groups excluding carboxylic acids is 1. The molecule has 0 radical (unpaired) electrons. The minimum absolute atomic E-state index is 0. The third-order valence-electron chi connectivity index (χ3n) is 1.51. The molecule has 1 rings (SSSR count). The summed E-state index contributed by atoms with van der Waals surface area (Å²) in [5, 5.41) is 0. The molecule has 0 heterocycles. The third kappa shape index (κ3) is 9.53. The molecule has 0 aliphatic carbocycles. The average Bonchev–Trinajstić information content (AvgIpc) is 2.34. The number of rotatable bonds is 3. The molecule has 0 unspecified atom stereocenters. The van der Waals surface area contributed by atoms with E-state index in [1.807, 2.05) is 13.8 Å². The van der Waals surface area contributed by atoms with Crippen LogP contribution >= 0.6 is 0 Å². The molecule has 0 aliphatic rings. The molecule has 100 valence electrons. The first-order chi connectivity index (χ1) is 8.15. The topological polar surface area (TPSA) is 47.6 Å². The van der Waals surface area contributed by atoms with E-state index in [0.29, 0.717) is 5.56 Å². The summed E-state index contributed by atoms with van der Waals surface area (Å²) in [6.45, 7) is 5.54. The Kier molecular flexibility index (Phi) is 13.4. The molecule has 17 heavy (non-hydrogen) atoms. The molecule has 1 aromatic rings. The van der Waals surface area contributed by atoms with Crippen LogP contribution in [0.5, 0.6) is 0 Å². The second kappa shape index (κ2) is 12.7. The summed E-state index contributed by atoms with van der Waals surface area (Å²) in [7, 11) is 4.79. The molecule has 0 aromatic heterocycles. The van der Waals surface area contributed by atoms with Gasteiger partial charge in [0, 0.05) is 21.2 Å². The monoisotopic (exact) mass is 243 g/mol. The Morgan fingerprint density at radius 1 is 1.12 bits per heavy atom. The summed E-state index contributed by atoms with van der Waals surface area (Å²) in [5.41, 5.74) is 4.20. The van der Waals surface area contributed by atoms with Crippen molar-refractivity contribution in [2.24, 2.45) is 0 Å². The van der Waals surface area contributed by atoms with Gasteiger partial charge in [0.2, 0.25) is 0 Å². The van der Waals surface area contributed by atoms with Crippen molar-refractivity contribution in [2.45, 2.75) is 20.8 Å². The fourth-order valence-electron chi connectivity index (χ4n) is 0.891. The molecule has 0 saturated carbocycles. The number of hydrogen-bond acceptors (Lipinski definition) is 4. The van der Waals surface area contributed by atoms with Crippen molar-refractivity contribution in [3.8, 4) is 0 Å². The molecule has 0 fully saturated rings. The molecule has 4 nitrogen and oxygen atoms in total. The number of ether oxygens (including phenoxy) is 1. The highest BCUT2D eigenvalue weighted by atomic mass is 16.6. The molecular formula is C13H25NO3. The van der Waals surface area contributed by atoms with Crippen LogP contribution in [-0.4, -0.2) is 27.1 Å². The van der Waals surface area contributed by atoms with E-state index >= 15 is 0 Å². The SMILES string of the molecule is CC.COC.CONc1ccc(C(C)=O)cc1.[HH]. The highest BCUT2D eigenvalue weighted by molar-refractivity contribution is 5.94. The summed E-state index contributed by atoms with van der Waals surface area (Å²) in [5.74, 6) is 0.0685. The van der Waals surface area contributed by atoms with Gasteiger partial charge in [-0.25, -0.2) is 0 Å². The molecule has 0 amide bonds. The zero-order valence-corrected chi connectivity index (χ0v) is 11.5. The van der Waals surface area contributed by atoms with E-state index in [1.54, 1.807) is 52.5 Å². The van der Waals surface area contributed by atoms with Crippen molar-refractivity contribution in [3.63, 3.8) is 0 Å². The van der Waals surface area contributed by atoms with Gasteiger partial charge in [0.15, 0.2) is 5.78 Å². The number of nitrogens with one attached hydrogen (secondary N) is 1. The standard InChI is InChI=1S/C9H11NO2.C2H6O.C2H6.H2/c1-7(11)8-3-5-9(6-4-8)10-12-2;1-3-2;1-2;/h3-6,10H,1-2H3;1-2H3;1-2H3;1H. The predicted octanol–water partition coefficient (Wildman–Crippen LogP) is 3.40. The summed E-state index contributed by atoms with van der Waals surface area (Å²) in [4.78, 5) is 15.6. The second-order valence-electron chi connectivity index (χ2n) is 2.85. The van der Waals surface area contributed by atoms with Crippen LogP contribution in [0.3, 0.4) is 0 Å². The fourth-order valence-corrected chi connectivity index (χ4v) is 0.891. The van der Waals surface area contributed by atoms with Gasteiger partial charge in [-0.3, -0.25) is 15.1 Å².